The standard InChI is InChI=1S/C17H15N3O4/c21-15-16(22)20(10-14-18-8-13(24-14)12-6-7-12)17(23)19(15)9-11-4-2-1-3-5-11/h1-5,8,12H,6-7,9-10H2. The molecule has 0 unspecified atom stereocenters. The predicted octanol–water partition coefficient (Wildman–Crippen LogP) is 2.04. The van der Waals surface area contributed by atoms with Crippen LogP contribution in [0.3, 0.4) is 0 Å². The molecule has 7 heteroatoms. The molecule has 1 saturated carbocycles. The highest BCUT2D eigenvalue weighted by Gasteiger charge is 2.45. The molecular formula is C17H15N3O4. The molecule has 1 aliphatic heterocycles. The lowest BCUT2D eigenvalue weighted by Gasteiger charge is -2.14. The van der Waals surface area contributed by atoms with Crippen molar-refractivity contribution in [2.75, 3.05) is 0 Å². The molecule has 0 N–H and O–H groups in total. The molecular weight excluding hydrogens is 310 g/mol. The highest BCUT2D eigenvalue weighted by Crippen LogP contribution is 2.40. The molecule has 2 fully saturated rings. The van der Waals surface area contributed by atoms with E-state index in [-0.39, 0.29) is 19.0 Å². The number of aromatic nitrogens is 1. The van der Waals surface area contributed by atoms with Gasteiger partial charge in [-0.25, -0.2) is 14.7 Å². The van der Waals surface area contributed by atoms with Crippen LogP contribution >= 0.6 is 0 Å². The number of hydrogen-bond acceptors (Lipinski definition) is 5. The van der Waals surface area contributed by atoms with Gasteiger partial charge in [0, 0.05) is 5.92 Å². The molecule has 4 amide bonds. The number of amides is 4. The molecule has 2 heterocycles. The van der Waals surface area contributed by atoms with E-state index >= 15 is 0 Å². The summed E-state index contributed by atoms with van der Waals surface area (Å²) in [4.78, 5) is 42.6. The second-order valence-electron chi connectivity index (χ2n) is 5.98. The Balaban J connectivity index is 1.50. The molecule has 2 aliphatic rings. The Labute approximate surface area is 137 Å². The van der Waals surface area contributed by atoms with Gasteiger partial charge in [-0.15, -0.1) is 0 Å². The van der Waals surface area contributed by atoms with E-state index in [1.165, 1.54) is 0 Å². The van der Waals surface area contributed by atoms with Gasteiger partial charge in [0.25, 0.3) is 0 Å². The number of rotatable bonds is 5. The normalized spacial score (nSPS) is 17.9. The smallest absolute Gasteiger partial charge is 0.335 e. The van der Waals surface area contributed by atoms with Crippen molar-refractivity contribution in [3.63, 3.8) is 0 Å². The largest absolute Gasteiger partial charge is 0.443 e. The topological polar surface area (TPSA) is 83.7 Å². The van der Waals surface area contributed by atoms with E-state index in [1.54, 1.807) is 18.3 Å². The van der Waals surface area contributed by atoms with E-state index in [0.29, 0.717) is 5.92 Å². The molecule has 24 heavy (non-hydrogen) atoms. The molecule has 4 rings (SSSR count). The van der Waals surface area contributed by atoms with Crippen LogP contribution < -0.4 is 0 Å². The minimum atomic E-state index is -0.845. The summed E-state index contributed by atoms with van der Waals surface area (Å²) in [5.41, 5.74) is 0.779. The van der Waals surface area contributed by atoms with E-state index in [2.05, 4.69) is 4.98 Å². The summed E-state index contributed by atoms with van der Waals surface area (Å²) in [5, 5.41) is 0. The van der Waals surface area contributed by atoms with E-state index in [9.17, 15) is 14.4 Å². The number of oxazole rings is 1. The molecule has 0 spiro atoms. The van der Waals surface area contributed by atoms with Gasteiger partial charge in [0.15, 0.2) is 0 Å². The summed E-state index contributed by atoms with van der Waals surface area (Å²) in [6.45, 7) is -0.0545. The number of imide groups is 2. The monoisotopic (exact) mass is 325 g/mol. The van der Waals surface area contributed by atoms with Crippen LogP contribution in [0.25, 0.3) is 0 Å². The second kappa shape index (κ2) is 5.59. The Bertz CT molecular complexity index is 810. The van der Waals surface area contributed by atoms with Crippen LogP contribution in [-0.2, 0) is 22.7 Å². The third-order valence-corrected chi connectivity index (χ3v) is 4.16. The van der Waals surface area contributed by atoms with Gasteiger partial charge >= 0.3 is 17.8 Å². The quantitative estimate of drug-likeness (QED) is 0.620. The van der Waals surface area contributed by atoms with Gasteiger partial charge in [-0.1, -0.05) is 30.3 Å². The molecule has 0 radical (unpaired) electrons. The number of carbonyl (C=O) groups is 3. The van der Waals surface area contributed by atoms with Crippen LogP contribution in [-0.4, -0.2) is 32.6 Å². The van der Waals surface area contributed by atoms with Gasteiger partial charge < -0.3 is 4.42 Å². The van der Waals surface area contributed by atoms with Crippen molar-refractivity contribution < 1.29 is 18.8 Å². The highest BCUT2D eigenvalue weighted by molar-refractivity contribution is 6.44. The summed E-state index contributed by atoms with van der Waals surface area (Å²) >= 11 is 0. The Kier molecular flexibility index (Phi) is 3.41. The lowest BCUT2D eigenvalue weighted by atomic mass is 10.2. The van der Waals surface area contributed by atoms with Crippen molar-refractivity contribution in [2.45, 2.75) is 31.8 Å². The maximum atomic E-state index is 12.4. The fraction of sp³-hybridized carbons (Fsp3) is 0.294. The molecule has 0 bridgehead atoms. The molecule has 2 aromatic rings. The van der Waals surface area contributed by atoms with Crippen molar-refractivity contribution in [2.24, 2.45) is 0 Å². The van der Waals surface area contributed by atoms with E-state index in [1.807, 2.05) is 18.2 Å². The van der Waals surface area contributed by atoms with Crippen molar-refractivity contribution in [1.82, 2.24) is 14.8 Å². The Morgan fingerprint density at radius 2 is 1.67 bits per heavy atom. The molecule has 7 nitrogen and oxygen atoms in total. The van der Waals surface area contributed by atoms with Crippen LogP contribution in [0, 0.1) is 0 Å². The average Bonchev–Trinajstić information content (AvgIpc) is 3.31. The minimum absolute atomic E-state index is 0.0691. The minimum Gasteiger partial charge on any atom is -0.443 e. The summed E-state index contributed by atoms with van der Waals surface area (Å²) in [7, 11) is 0. The highest BCUT2D eigenvalue weighted by atomic mass is 16.4. The van der Waals surface area contributed by atoms with E-state index in [4.69, 9.17) is 4.42 Å². The van der Waals surface area contributed by atoms with Gasteiger partial charge in [0.05, 0.1) is 12.7 Å². The molecule has 1 aromatic heterocycles. The van der Waals surface area contributed by atoms with Gasteiger partial charge in [-0.3, -0.25) is 14.5 Å². The third kappa shape index (κ3) is 2.58. The maximum Gasteiger partial charge on any atom is 0.335 e. The SMILES string of the molecule is O=C1C(=O)N(Cc2ncc(C3CC3)o2)C(=O)N1Cc1ccccc1. The summed E-state index contributed by atoms with van der Waals surface area (Å²) in [5.74, 6) is -0.225. The first-order valence-corrected chi connectivity index (χ1v) is 7.79. The van der Waals surface area contributed by atoms with Crippen molar-refractivity contribution >= 4 is 17.8 Å². The Morgan fingerprint density at radius 1 is 1.00 bits per heavy atom. The van der Waals surface area contributed by atoms with Crippen LogP contribution in [0.5, 0.6) is 0 Å². The zero-order chi connectivity index (χ0) is 16.7. The molecule has 122 valence electrons. The number of nitrogens with zero attached hydrogens (tertiary/aromatic N) is 3. The van der Waals surface area contributed by atoms with Gasteiger partial charge in [0.2, 0.25) is 5.89 Å². The van der Waals surface area contributed by atoms with Crippen molar-refractivity contribution in [1.29, 1.82) is 0 Å². The molecule has 0 atom stereocenters. The first kappa shape index (κ1) is 14.6. The zero-order valence-electron chi connectivity index (χ0n) is 12.8. The van der Waals surface area contributed by atoms with E-state index < -0.39 is 17.8 Å². The number of benzene rings is 1. The maximum absolute atomic E-state index is 12.4. The lowest BCUT2D eigenvalue weighted by Crippen LogP contribution is -2.32. The lowest BCUT2D eigenvalue weighted by molar-refractivity contribution is -0.143. The Morgan fingerprint density at radius 3 is 2.33 bits per heavy atom. The average molecular weight is 325 g/mol. The van der Waals surface area contributed by atoms with Crippen LogP contribution in [0.4, 0.5) is 4.79 Å². The summed E-state index contributed by atoms with van der Waals surface area (Å²) in [6, 6.07) is 8.42. The van der Waals surface area contributed by atoms with Crippen molar-refractivity contribution in [3.05, 3.63) is 53.7 Å². The van der Waals surface area contributed by atoms with Gasteiger partial charge in [-0.05, 0) is 18.4 Å². The molecule has 1 aliphatic carbocycles. The van der Waals surface area contributed by atoms with E-state index in [0.717, 1.165) is 34.0 Å². The fourth-order valence-electron chi connectivity index (χ4n) is 2.68. The van der Waals surface area contributed by atoms with Crippen LogP contribution in [0.1, 0.15) is 36.0 Å². The summed E-state index contributed by atoms with van der Waals surface area (Å²) in [6.07, 6.45) is 3.76. The predicted molar refractivity (Wildman–Crippen MR) is 81.4 cm³/mol. The number of hydrogen-bond donors (Lipinski definition) is 0. The van der Waals surface area contributed by atoms with Gasteiger partial charge in [-0.2, -0.15) is 0 Å². The number of urea groups is 1. The molecule has 1 saturated heterocycles. The first-order valence-electron chi connectivity index (χ1n) is 7.79. The van der Waals surface area contributed by atoms with Crippen LogP contribution in [0.15, 0.2) is 40.9 Å². The number of carbonyl (C=O) groups excluding carboxylic acids is 3. The van der Waals surface area contributed by atoms with Gasteiger partial charge in [0.1, 0.15) is 12.3 Å². The molecule has 1 aromatic carbocycles. The second-order valence-corrected chi connectivity index (χ2v) is 5.98. The third-order valence-electron chi connectivity index (χ3n) is 4.16. The fourth-order valence-corrected chi connectivity index (χ4v) is 2.68. The Hall–Kier alpha value is -2.96. The zero-order valence-corrected chi connectivity index (χ0v) is 12.8. The first-order chi connectivity index (χ1) is 11.6. The summed E-state index contributed by atoms with van der Waals surface area (Å²) < 4.78 is 5.57. The van der Waals surface area contributed by atoms with Crippen molar-refractivity contribution in [3.8, 4) is 0 Å². The van der Waals surface area contributed by atoms with Crippen LogP contribution in [0.2, 0.25) is 0 Å².